The highest BCUT2D eigenvalue weighted by Crippen LogP contribution is 2.30. The summed E-state index contributed by atoms with van der Waals surface area (Å²) in [5.41, 5.74) is -0.0480. The summed E-state index contributed by atoms with van der Waals surface area (Å²) in [6, 6.07) is 3.77. The van der Waals surface area contributed by atoms with Crippen molar-refractivity contribution in [3.05, 3.63) is 21.9 Å². The molecule has 1 aliphatic heterocycles. The van der Waals surface area contributed by atoms with Crippen LogP contribution in [-0.4, -0.2) is 23.7 Å². The molecule has 0 N–H and O–H groups in total. The summed E-state index contributed by atoms with van der Waals surface area (Å²) < 4.78 is 6.42. The molecule has 2 heterocycles. The van der Waals surface area contributed by atoms with Gasteiger partial charge in [-0.2, -0.15) is 0 Å². The van der Waals surface area contributed by atoms with Crippen LogP contribution in [0.5, 0.6) is 0 Å². The van der Waals surface area contributed by atoms with E-state index in [2.05, 4.69) is 48.3 Å². The fourth-order valence-electron chi connectivity index (χ4n) is 1.63. The SMILES string of the molecule is CC(C)(C)C1CN(c2ccc(I)cn2)C(=O)O1. The number of ether oxygens (including phenoxy) is 1. The average Bonchev–Trinajstić information content (AvgIpc) is 2.61. The molecule has 1 aliphatic rings. The second-order valence-electron chi connectivity index (χ2n) is 5.18. The molecule has 1 atom stereocenters. The van der Waals surface area contributed by atoms with Crippen molar-refractivity contribution >= 4 is 34.5 Å². The normalized spacial score (nSPS) is 20.6. The molecule has 2 rings (SSSR count). The molecule has 1 saturated heterocycles. The van der Waals surface area contributed by atoms with Crippen LogP contribution in [-0.2, 0) is 4.74 Å². The molecule has 1 fully saturated rings. The molecule has 17 heavy (non-hydrogen) atoms. The van der Waals surface area contributed by atoms with Gasteiger partial charge in [-0.15, -0.1) is 0 Å². The summed E-state index contributed by atoms with van der Waals surface area (Å²) in [6.07, 6.45) is 1.35. The topological polar surface area (TPSA) is 42.4 Å². The number of hydrogen-bond acceptors (Lipinski definition) is 3. The molecule has 0 spiro atoms. The maximum atomic E-state index is 11.8. The lowest BCUT2D eigenvalue weighted by Gasteiger charge is -2.24. The van der Waals surface area contributed by atoms with E-state index in [4.69, 9.17) is 4.74 Å². The van der Waals surface area contributed by atoms with E-state index in [9.17, 15) is 4.79 Å². The van der Waals surface area contributed by atoms with Gasteiger partial charge in [-0.05, 0) is 34.7 Å². The van der Waals surface area contributed by atoms with Crippen molar-refractivity contribution in [2.45, 2.75) is 26.9 Å². The second-order valence-corrected chi connectivity index (χ2v) is 6.43. The van der Waals surface area contributed by atoms with Crippen LogP contribution in [0.1, 0.15) is 20.8 Å². The van der Waals surface area contributed by atoms with E-state index in [1.165, 1.54) is 0 Å². The van der Waals surface area contributed by atoms with Crippen LogP contribution >= 0.6 is 22.6 Å². The minimum absolute atomic E-state index is 0.0480. The quantitative estimate of drug-likeness (QED) is 0.734. The first kappa shape index (κ1) is 12.6. The van der Waals surface area contributed by atoms with Gasteiger partial charge in [-0.3, -0.25) is 4.90 Å². The highest BCUT2D eigenvalue weighted by atomic mass is 127. The third-order valence-corrected chi connectivity index (χ3v) is 3.40. The molecule has 5 heteroatoms. The van der Waals surface area contributed by atoms with Gasteiger partial charge in [0.15, 0.2) is 0 Å². The van der Waals surface area contributed by atoms with Gasteiger partial charge >= 0.3 is 6.09 Å². The third-order valence-electron chi connectivity index (χ3n) is 2.77. The number of carbonyl (C=O) groups is 1. The van der Waals surface area contributed by atoms with E-state index in [0.717, 1.165) is 3.57 Å². The van der Waals surface area contributed by atoms with Gasteiger partial charge in [0.25, 0.3) is 0 Å². The zero-order chi connectivity index (χ0) is 12.6. The standard InChI is InChI=1S/C12H15IN2O2/c1-12(2,3)9-7-15(11(16)17-9)10-5-4-8(13)6-14-10/h4-6,9H,7H2,1-3H3. The van der Waals surface area contributed by atoms with E-state index in [0.29, 0.717) is 12.4 Å². The molecular formula is C12H15IN2O2. The van der Waals surface area contributed by atoms with Gasteiger partial charge in [-0.1, -0.05) is 20.8 Å². The Balaban J connectivity index is 2.19. The smallest absolute Gasteiger partial charge is 0.415 e. The van der Waals surface area contributed by atoms with Crippen LogP contribution in [0.3, 0.4) is 0 Å². The van der Waals surface area contributed by atoms with Crippen molar-refractivity contribution in [1.82, 2.24) is 4.98 Å². The van der Waals surface area contributed by atoms with Gasteiger partial charge in [0.1, 0.15) is 11.9 Å². The summed E-state index contributed by atoms with van der Waals surface area (Å²) in [5.74, 6) is 0.655. The maximum Gasteiger partial charge on any atom is 0.415 e. The lowest BCUT2D eigenvalue weighted by molar-refractivity contribution is 0.0728. The fourth-order valence-corrected chi connectivity index (χ4v) is 1.95. The summed E-state index contributed by atoms with van der Waals surface area (Å²) in [5, 5.41) is 0. The molecule has 1 unspecified atom stereocenters. The minimum Gasteiger partial charge on any atom is -0.443 e. The molecule has 0 bridgehead atoms. The Morgan fingerprint density at radius 3 is 2.65 bits per heavy atom. The first-order chi connectivity index (χ1) is 7.88. The lowest BCUT2D eigenvalue weighted by atomic mass is 9.89. The van der Waals surface area contributed by atoms with Crippen LogP contribution in [0, 0.1) is 8.99 Å². The molecule has 1 amide bonds. The Morgan fingerprint density at radius 1 is 1.47 bits per heavy atom. The zero-order valence-corrected chi connectivity index (χ0v) is 12.3. The Bertz CT molecular complexity index is 425. The van der Waals surface area contributed by atoms with E-state index >= 15 is 0 Å². The van der Waals surface area contributed by atoms with Crippen LogP contribution in [0.15, 0.2) is 18.3 Å². The van der Waals surface area contributed by atoms with E-state index < -0.39 is 0 Å². The zero-order valence-electron chi connectivity index (χ0n) is 10.1. The van der Waals surface area contributed by atoms with Gasteiger partial charge < -0.3 is 4.74 Å². The second kappa shape index (κ2) is 4.44. The molecule has 4 nitrogen and oxygen atoms in total. The first-order valence-corrected chi connectivity index (χ1v) is 6.55. The summed E-state index contributed by atoms with van der Waals surface area (Å²) >= 11 is 2.18. The summed E-state index contributed by atoms with van der Waals surface area (Å²) in [6.45, 7) is 6.76. The largest absolute Gasteiger partial charge is 0.443 e. The number of amides is 1. The minimum atomic E-state index is -0.307. The fraction of sp³-hybridized carbons (Fsp3) is 0.500. The summed E-state index contributed by atoms with van der Waals surface area (Å²) in [7, 11) is 0. The predicted octanol–water partition coefficient (Wildman–Crippen LogP) is 3.06. The average molecular weight is 346 g/mol. The molecule has 0 saturated carbocycles. The predicted molar refractivity (Wildman–Crippen MR) is 74.0 cm³/mol. The van der Waals surface area contributed by atoms with E-state index in [1.54, 1.807) is 11.1 Å². The molecule has 1 aromatic heterocycles. The van der Waals surface area contributed by atoms with E-state index in [-0.39, 0.29) is 17.6 Å². The molecule has 0 aromatic carbocycles. The number of anilines is 1. The maximum absolute atomic E-state index is 11.8. The van der Waals surface area contributed by atoms with Gasteiger partial charge in [-0.25, -0.2) is 9.78 Å². The van der Waals surface area contributed by atoms with Crippen molar-refractivity contribution in [3.63, 3.8) is 0 Å². The molecule has 0 aliphatic carbocycles. The molecule has 1 aromatic rings. The Labute approximate surface area is 114 Å². The van der Waals surface area contributed by atoms with Crippen molar-refractivity contribution < 1.29 is 9.53 Å². The van der Waals surface area contributed by atoms with Crippen molar-refractivity contribution in [2.75, 3.05) is 11.4 Å². The van der Waals surface area contributed by atoms with Gasteiger partial charge in [0.05, 0.1) is 6.54 Å². The van der Waals surface area contributed by atoms with Gasteiger partial charge in [0.2, 0.25) is 0 Å². The Hall–Kier alpha value is -0.850. The molecule has 92 valence electrons. The lowest BCUT2D eigenvalue weighted by Crippen LogP contribution is -2.31. The van der Waals surface area contributed by atoms with Crippen molar-refractivity contribution in [3.8, 4) is 0 Å². The van der Waals surface area contributed by atoms with Crippen molar-refractivity contribution in [1.29, 1.82) is 0 Å². The molecular weight excluding hydrogens is 331 g/mol. The monoisotopic (exact) mass is 346 g/mol. The van der Waals surface area contributed by atoms with Crippen LogP contribution in [0.4, 0.5) is 10.6 Å². The van der Waals surface area contributed by atoms with Gasteiger partial charge in [0, 0.05) is 15.2 Å². The Morgan fingerprint density at radius 2 is 2.18 bits per heavy atom. The van der Waals surface area contributed by atoms with E-state index in [1.807, 2.05) is 12.1 Å². The number of rotatable bonds is 1. The first-order valence-electron chi connectivity index (χ1n) is 5.47. The number of cyclic esters (lactones) is 1. The summed E-state index contributed by atoms with van der Waals surface area (Å²) in [4.78, 5) is 17.6. The highest BCUT2D eigenvalue weighted by molar-refractivity contribution is 14.1. The number of pyridine rings is 1. The highest BCUT2D eigenvalue weighted by Gasteiger charge is 2.39. The number of hydrogen-bond donors (Lipinski definition) is 0. The van der Waals surface area contributed by atoms with Crippen LogP contribution in [0.2, 0.25) is 0 Å². The third kappa shape index (κ3) is 2.70. The number of nitrogens with zero attached hydrogens (tertiary/aromatic N) is 2. The Kier molecular flexibility index (Phi) is 3.29. The van der Waals surface area contributed by atoms with Crippen LogP contribution < -0.4 is 4.90 Å². The van der Waals surface area contributed by atoms with Crippen molar-refractivity contribution in [2.24, 2.45) is 5.41 Å². The number of halogens is 1. The van der Waals surface area contributed by atoms with Crippen LogP contribution in [0.25, 0.3) is 0 Å². The molecule has 0 radical (unpaired) electrons. The number of carbonyl (C=O) groups excluding carboxylic acids is 1. The number of aromatic nitrogens is 1.